The summed E-state index contributed by atoms with van der Waals surface area (Å²) in [6, 6.07) is 0.334. The monoisotopic (exact) mass is 266 g/mol. The first-order chi connectivity index (χ1) is 9.29. The topological polar surface area (TPSA) is 61.4 Å². The van der Waals surface area contributed by atoms with Gasteiger partial charge in [-0.25, -0.2) is 4.79 Å². The number of hydrogen-bond donors (Lipinski definition) is 3. The molecule has 4 nitrogen and oxygen atoms in total. The Kier molecular flexibility index (Phi) is 5.70. The highest BCUT2D eigenvalue weighted by atomic mass is 16.3. The van der Waals surface area contributed by atoms with Gasteiger partial charge in [-0.15, -0.1) is 0 Å². The van der Waals surface area contributed by atoms with Crippen LogP contribution < -0.4 is 10.6 Å². The SMILES string of the molecule is O=C(NC1CC=CCC1)NC1CCCCCC1CO. The molecule has 108 valence electrons. The highest BCUT2D eigenvalue weighted by Crippen LogP contribution is 2.23. The van der Waals surface area contributed by atoms with Gasteiger partial charge < -0.3 is 15.7 Å². The van der Waals surface area contributed by atoms with E-state index >= 15 is 0 Å². The summed E-state index contributed by atoms with van der Waals surface area (Å²) in [5.74, 6) is 0.222. The molecule has 2 aliphatic rings. The Bertz CT molecular complexity index is 317. The zero-order chi connectivity index (χ0) is 13.5. The summed E-state index contributed by atoms with van der Waals surface area (Å²) in [4.78, 5) is 12.0. The normalized spacial score (nSPS) is 31.5. The molecule has 2 aliphatic carbocycles. The molecule has 4 heteroatoms. The minimum absolute atomic E-state index is 0.0642. The van der Waals surface area contributed by atoms with Crippen LogP contribution in [0.3, 0.4) is 0 Å². The number of rotatable bonds is 3. The van der Waals surface area contributed by atoms with Crippen molar-refractivity contribution in [3.05, 3.63) is 12.2 Å². The van der Waals surface area contributed by atoms with Crippen LogP contribution in [0, 0.1) is 5.92 Å². The van der Waals surface area contributed by atoms with Gasteiger partial charge in [0.15, 0.2) is 0 Å². The minimum Gasteiger partial charge on any atom is -0.396 e. The van der Waals surface area contributed by atoms with Crippen LogP contribution in [0.2, 0.25) is 0 Å². The molecule has 0 bridgehead atoms. The van der Waals surface area contributed by atoms with E-state index in [1.807, 2.05) is 0 Å². The van der Waals surface area contributed by atoms with Crippen molar-refractivity contribution in [3.8, 4) is 0 Å². The zero-order valence-electron chi connectivity index (χ0n) is 11.6. The fourth-order valence-electron chi connectivity index (χ4n) is 3.11. The lowest BCUT2D eigenvalue weighted by Crippen LogP contribution is -2.49. The minimum atomic E-state index is -0.0642. The Labute approximate surface area is 115 Å². The number of urea groups is 1. The van der Waals surface area contributed by atoms with E-state index in [4.69, 9.17) is 0 Å². The average molecular weight is 266 g/mol. The van der Waals surface area contributed by atoms with Crippen molar-refractivity contribution in [1.29, 1.82) is 0 Å². The molecule has 0 aliphatic heterocycles. The molecule has 0 aromatic rings. The Morgan fingerprint density at radius 3 is 2.68 bits per heavy atom. The summed E-state index contributed by atoms with van der Waals surface area (Å²) in [6.45, 7) is 0.178. The number of nitrogens with one attached hydrogen (secondary N) is 2. The fourth-order valence-corrected chi connectivity index (χ4v) is 3.11. The van der Waals surface area contributed by atoms with Crippen LogP contribution in [0.1, 0.15) is 51.4 Å². The molecule has 2 amide bonds. The van der Waals surface area contributed by atoms with Gasteiger partial charge in [-0.2, -0.15) is 0 Å². The van der Waals surface area contributed by atoms with Gasteiger partial charge in [0.25, 0.3) is 0 Å². The van der Waals surface area contributed by atoms with E-state index in [1.165, 1.54) is 12.8 Å². The smallest absolute Gasteiger partial charge is 0.315 e. The summed E-state index contributed by atoms with van der Waals surface area (Å²) in [6.07, 6.45) is 12.8. The van der Waals surface area contributed by atoms with E-state index in [1.54, 1.807) is 0 Å². The summed E-state index contributed by atoms with van der Waals surface area (Å²) in [7, 11) is 0. The Morgan fingerprint density at radius 1 is 1.11 bits per heavy atom. The molecule has 3 atom stereocenters. The third-order valence-electron chi connectivity index (χ3n) is 4.31. The van der Waals surface area contributed by atoms with Crippen molar-refractivity contribution >= 4 is 6.03 Å². The number of allylic oxidation sites excluding steroid dienone is 1. The van der Waals surface area contributed by atoms with Gasteiger partial charge in [-0.1, -0.05) is 31.4 Å². The maximum Gasteiger partial charge on any atom is 0.315 e. The van der Waals surface area contributed by atoms with Gasteiger partial charge in [0.05, 0.1) is 0 Å². The van der Waals surface area contributed by atoms with E-state index in [0.29, 0.717) is 0 Å². The predicted octanol–water partition coefficient (Wildman–Crippen LogP) is 2.34. The summed E-state index contributed by atoms with van der Waals surface area (Å²) >= 11 is 0. The molecule has 3 unspecified atom stereocenters. The molecule has 0 aromatic carbocycles. The van der Waals surface area contributed by atoms with Gasteiger partial charge in [0.2, 0.25) is 0 Å². The second kappa shape index (κ2) is 7.53. The zero-order valence-corrected chi connectivity index (χ0v) is 11.6. The number of carbonyl (C=O) groups excluding carboxylic acids is 1. The number of aliphatic hydroxyl groups is 1. The number of aliphatic hydroxyl groups excluding tert-OH is 1. The maximum absolute atomic E-state index is 12.0. The standard InChI is InChI=1S/C15H26N2O2/c18-11-12-7-3-1-6-10-14(12)17-15(19)16-13-8-4-2-5-9-13/h2,4,12-14,18H,1,3,5-11H2,(H2,16,17,19). The molecule has 0 saturated heterocycles. The van der Waals surface area contributed by atoms with Crippen LogP contribution in [0.5, 0.6) is 0 Å². The molecule has 0 heterocycles. The number of carbonyl (C=O) groups is 1. The lowest BCUT2D eigenvalue weighted by Gasteiger charge is -2.26. The van der Waals surface area contributed by atoms with Crippen molar-refractivity contribution in [2.45, 2.75) is 63.5 Å². The lowest BCUT2D eigenvalue weighted by molar-refractivity contribution is 0.178. The van der Waals surface area contributed by atoms with Gasteiger partial charge in [-0.05, 0) is 32.1 Å². The van der Waals surface area contributed by atoms with E-state index in [-0.39, 0.29) is 30.6 Å². The van der Waals surface area contributed by atoms with Crippen LogP contribution in [0.15, 0.2) is 12.2 Å². The number of hydrogen-bond acceptors (Lipinski definition) is 2. The Morgan fingerprint density at radius 2 is 1.95 bits per heavy atom. The molecule has 0 aromatic heterocycles. The molecule has 1 fully saturated rings. The molecule has 19 heavy (non-hydrogen) atoms. The molecular weight excluding hydrogens is 240 g/mol. The first kappa shape index (κ1) is 14.4. The van der Waals surface area contributed by atoms with Gasteiger partial charge >= 0.3 is 6.03 Å². The third-order valence-corrected chi connectivity index (χ3v) is 4.31. The largest absolute Gasteiger partial charge is 0.396 e. The second-order valence-corrected chi connectivity index (χ2v) is 5.79. The Balaban J connectivity index is 1.80. The second-order valence-electron chi connectivity index (χ2n) is 5.79. The molecule has 0 radical (unpaired) electrons. The number of amides is 2. The van der Waals surface area contributed by atoms with Crippen molar-refractivity contribution in [2.75, 3.05) is 6.61 Å². The Hall–Kier alpha value is -1.03. The molecule has 2 rings (SSSR count). The van der Waals surface area contributed by atoms with Crippen LogP contribution in [0.25, 0.3) is 0 Å². The highest BCUT2D eigenvalue weighted by molar-refractivity contribution is 5.74. The third kappa shape index (κ3) is 4.53. The van der Waals surface area contributed by atoms with E-state index < -0.39 is 0 Å². The molecule has 0 spiro atoms. The predicted molar refractivity (Wildman–Crippen MR) is 75.9 cm³/mol. The first-order valence-corrected chi connectivity index (χ1v) is 7.62. The fraction of sp³-hybridized carbons (Fsp3) is 0.800. The maximum atomic E-state index is 12.0. The highest BCUT2D eigenvalue weighted by Gasteiger charge is 2.25. The molecule has 3 N–H and O–H groups in total. The first-order valence-electron chi connectivity index (χ1n) is 7.62. The molecule has 1 saturated carbocycles. The van der Waals surface area contributed by atoms with Crippen LogP contribution >= 0.6 is 0 Å². The summed E-state index contributed by atoms with van der Waals surface area (Å²) < 4.78 is 0. The van der Waals surface area contributed by atoms with Crippen LogP contribution in [-0.2, 0) is 0 Å². The van der Waals surface area contributed by atoms with Crippen LogP contribution in [0.4, 0.5) is 4.79 Å². The lowest BCUT2D eigenvalue weighted by atomic mass is 9.96. The van der Waals surface area contributed by atoms with E-state index in [2.05, 4.69) is 22.8 Å². The quantitative estimate of drug-likeness (QED) is 0.542. The van der Waals surface area contributed by atoms with E-state index in [0.717, 1.165) is 38.5 Å². The van der Waals surface area contributed by atoms with Crippen LogP contribution in [-0.4, -0.2) is 29.8 Å². The van der Waals surface area contributed by atoms with Gasteiger partial charge in [-0.3, -0.25) is 0 Å². The summed E-state index contributed by atoms with van der Waals surface area (Å²) in [5.41, 5.74) is 0. The van der Waals surface area contributed by atoms with Crippen molar-refractivity contribution in [2.24, 2.45) is 5.92 Å². The van der Waals surface area contributed by atoms with Gasteiger partial charge in [0, 0.05) is 24.6 Å². The van der Waals surface area contributed by atoms with Crippen molar-refractivity contribution in [3.63, 3.8) is 0 Å². The van der Waals surface area contributed by atoms with Crippen molar-refractivity contribution < 1.29 is 9.90 Å². The average Bonchev–Trinajstić information content (AvgIpc) is 2.64. The molecular formula is C15H26N2O2. The van der Waals surface area contributed by atoms with Crippen molar-refractivity contribution in [1.82, 2.24) is 10.6 Å². The van der Waals surface area contributed by atoms with Gasteiger partial charge in [0.1, 0.15) is 0 Å². The van der Waals surface area contributed by atoms with E-state index in [9.17, 15) is 9.90 Å². The summed E-state index contributed by atoms with van der Waals surface area (Å²) in [5, 5.41) is 15.6.